The number of nitrogen functional groups attached to an aromatic ring is 1. The van der Waals surface area contributed by atoms with Gasteiger partial charge in [-0.15, -0.1) is 0 Å². The Morgan fingerprint density at radius 3 is 2.69 bits per heavy atom. The average molecular weight is 208 g/mol. The number of hydrogen-bond donors (Lipinski definition) is 2. The highest BCUT2D eigenvalue weighted by atomic mass is 14.9. The molecule has 0 saturated heterocycles. The van der Waals surface area contributed by atoms with E-state index in [2.05, 4.69) is 16.0 Å². The van der Waals surface area contributed by atoms with Crippen molar-refractivity contribution in [1.29, 1.82) is 0 Å². The largest absolute Gasteiger partial charge is 0.399 e. The van der Waals surface area contributed by atoms with Gasteiger partial charge >= 0.3 is 0 Å². The third-order valence-electron chi connectivity index (χ3n) is 2.51. The summed E-state index contributed by atoms with van der Waals surface area (Å²) in [5, 5.41) is 0. The van der Waals surface area contributed by atoms with Gasteiger partial charge in [-0.2, -0.15) is 0 Å². The van der Waals surface area contributed by atoms with Gasteiger partial charge in [-0.3, -0.25) is 0 Å². The highest BCUT2D eigenvalue weighted by Gasteiger charge is 2.03. The minimum Gasteiger partial charge on any atom is -0.399 e. The second kappa shape index (κ2) is 3.38. The summed E-state index contributed by atoms with van der Waals surface area (Å²) >= 11 is 0. The summed E-state index contributed by atoms with van der Waals surface area (Å²) in [5.41, 5.74) is 9.38. The normalized spacial score (nSPS) is 10.8. The van der Waals surface area contributed by atoms with Crippen molar-refractivity contribution >= 4 is 16.7 Å². The van der Waals surface area contributed by atoms with Gasteiger partial charge in [0.15, 0.2) is 0 Å². The maximum atomic E-state index is 5.64. The van der Waals surface area contributed by atoms with Crippen LogP contribution in [-0.2, 0) is 0 Å². The molecule has 0 bridgehead atoms. The Morgan fingerprint density at radius 2 is 1.94 bits per heavy atom. The maximum absolute atomic E-state index is 5.64. The highest BCUT2D eigenvalue weighted by molar-refractivity contribution is 5.79. The molecule has 3 heteroatoms. The molecule has 0 atom stereocenters. The molecule has 1 aromatic heterocycles. The van der Waals surface area contributed by atoms with E-state index >= 15 is 0 Å². The summed E-state index contributed by atoms with van der Waals surface area (Å²) in [6.45, 7) is 0. The first-order chi connectivity index (χ1) is 7.83. The van der Waals surface area contributed by atoms with Crippen LogP contribution < -0.4 is 5.73 Å². The number of nitrogens with zero attached hydrogens (tertiary/aromatic N) is 1. The van der Waals surface area contributed by atoms with E-state index in [1.165, 1.54) is 0 Å². The van der Waals surface area contributed by atoms with Crippen molar-refractivity contribution < 1.29 is 0 Å². The summed E-state index contributed by atoms with van der Waals surface area (Å²) in [6, 6.07) is 16.4. The van der Waals surface area contributed by atoms with Crippen molar-refractivity contribution in [2.75, 3.05) is 5.73 Å². The van der Waals surface area contributed by atoms with Crippen LogP contribution in [0, 0.1) is 6.07 Å². The van der Waals surface area contributed by atoms with Crippen molar-refractivity contribution in [3.63, 3.8) is 0 Å². The number of H-pyrrole nitrogens is 1. The first-order valence-electron chi connectivity index (χ1n) is 5.05. The van der Waals surface area contributed by atoms with E-state index in [9.17, 15) is 0 Å². The second-order valence-corrected chi connectivity index (χ2v) is 3.65. The smallest absolute Gasteiger partial charge is 0.138 e. The fourth-order valence-corrected chi connectivity index (χ4v) is 1.67. The molecule has 0 amide bonds. The van der Waals surface area contributed by atoms with Gasteiger partial charge in [0, 0.05) is 11.3 Å². The van der Waals surface area contributed by atoms with Gasteiger partial charge in [-0.25, -0.2) is 4.98 Å². The van der Waals surface area contributed by atoms with Crippen LogP contribution >= 0.6 is 0 Å². The van der Waals surface area contributed by atoms with E-state index in [1.807, 2.05) is 42.5 Å². The zero-order chi connectivity index (χ0) is 11.0. The number of aromatic amines is 1. The first kappa shape index (κ1) is 8.97. The lowest BCUT2D eigenvalue weighted by atomic mass is 10.2. The van der Waals surface area contributed by atoms with E-state index in [4.69, 9.17) is 5.73 Å². The number of hydrogen-bond acceptors (Lipinski definition) is 2. The number of aromatic nitrogens is 2. The van der Waals surface area contributed by atoms with Crippen LogP contribution in [0.1, 0.15) is 0 Å². The third kappa shape index (κ3) is 1.42. The minimum absolute atomic E-state index is 0.758. The van der Waals surface area contributed by atoms with Crippen LogP contribution in [0.25, 0.3) is 22.4 Å². The first-order valence-corrected chi connectivity index (χ1v) is 5.05. The molecule has 3 aromatic rings. The fraction of sp³-hybridized carbons (Fsp3) is 0. The molecule has 16 heavy (non-hydrogen) atoms. The van der Waals surface area contributed by atoms with Crippen molar-refractivity contribution in [1.82, 2.24) is 9.97 Å². The Balaban J connectivity index is 2.15. The number of nitrogens with one attached hydrogen (secondary N) is 1. The standard InChI is InChI=1S/C13H10N3/c14-10-7-5-9(6-8-10)13-15-11-3-1-2-4-12(11)16-13/h1,3-8H,14H2,(H,15,16). The SMILES string of the molecule is Nc1ccc(-c2nc3cc[c]cc3[nH]2)cc1. The number of rotatable bonds is 1. The summed E-state index contributed by atoms with van der Waals surface area (Å²) < 4.78 is 0. The number of imidazole rings is 1. The summed E-state index contributed by atoms with van der Waals surface area (Å²) in [7, 11) is 0. The molecular formula is C13H10N3. The summed E-state index contributed by atoms with van der Waals surface area (Å²) in [5.74, 6) is 0.856. The van der Waals surface area contributed by atoms with Crippen LogP contribution in [0.15, 0.2) is 42.5 Å². The lowest BCUT2D eigenvalue weighted by Crippen LogP contribution is -1.84. The fourth-order valence-electron chi connectivity index (χ4n) is 1.67. The predicted molar refractivity (Wildman–Crippen MR) is 64.8 cm³/mol. The molecule has 3 nitrogen and oxygen atoms in total. The van der Waals surface area contributed by atoms with Crippen molar-refractivity contribution in [3.05, 3.63) is 48.5 Å². The number of benzene rings is 2. The molecule has 1 radical (unpaired) electrons. The van der Waals surface area contributed by atoms with Crippen LogP contribution in [0.3, 0.4) is 0 Å². The zero-order valence-electron chi connectivity index (χ0n) is 8.57. The van der Waals surface area contributed by atoms with Crippen LogP contribution in [-0.4, -0.2) is 9.97 Å². The lowest BCUT2D eigenvalue weighted by Gasteiger charge is -1.96. The number of fused-ring (bicyclic) bond motifs is 1. The van der Waals surface area contributed by atoms with Crippen LogP contribution in [0.2, 0.25) is 0 Å². The molecular weight excluding hydrogens is 198 g/mol. The molecule has 2 aromatic carbocycles. The number of nitrogens with two attached hydrogens (primary N) is 1. The Labute approximate surface area is 92.9 Å². The minimum atomic E-state index is 0.758. The monoisotopic (exact) mass is 208 g/mol. The topological polar surface area (TPSA) is 54.7 Å². The van der Waals surface area contributed by atoms with E-state index < -0.39 is 0 Å². The van der Waals surface area contributed by atoms with Gasteiger partial charge in [-0.05, 0) is 42.5 Å². The summed E-state index contributed by atoms with van der Waals surface area (Å²) in [6.07, 6.45) is 0. The van der Waals surface area contributed by atoms with E-state index in [1.54, 1.807) is 0 Å². The second-order valence-electron chi connectivity index (χ2n) is 3.65. The average Bonchev–Trinajstić information content (AvgIpc) is 2.73. The van der Waals surface area contributed by atoms with Crippen LogP contribution in [0.5, 0.6) is 0 Å². The lowest BCUT2D eigenvalue weighted by molar-refractivity contribution is 1.34. The maximum Gasteiger partial charge on any atom is 0.138 e. The predicted octanol–water partition coefficient (Wildman–Crippen LogP) is 2.61. The van der Waals surface area contributed by atoms with Gasteiger partial charge in [0.1, 0.15) is 5.82 Å². The van der Waals surface area contributed by atoms with Gasteiger partial charge < -0.3 is 10.7 Å². The molecule has 3 rings (SSSR count). The molecule has 3 N–H and O–H groups in total. The highest BCUT2D eigenvalue weighted by Crippen LogP contribution is 2.20. The molecule has 0 fully saturated rings. The Kier molecular flexibility index (Phi) is 1.90. The molecule has 0 aliphatic carbocycles. The van der Waals surface area contributed by atoms with E-state index in [-0.39, 0.29) is 0 Å². The molecule has 0 saturated carbocycles. The van der Waals surface area contributed by atoms with Gasteiger partial charge in [0.2, 0.25) is 0 Å². The third-order valence-corrected chi connectivity index (χ3v) is 2.51. The Bertz CT molecular complexity index is 590. The zero-order valence-corrected chi connectivity index (χ0v) is 8.57. The molecule has 0 aliphatic heterocycles. The number of anilines is 1. The summed E-state index contributed by atoms with van der Waals surface area (Å²) in [4.78, 5) is 7.74. The molecule has 1 heterocycles. The Hall–Kier alpha value is -2.29. The molecule has 0 spiro atoms. The molecule has 0 aliphatic rings. The Morgan fingerprint density at radius 1 is 1.12 bits per heavy atom. The van der Waals surface area contributed by atoms with Crippen molar-refractivity contribution in [2.24, 2.45) is 0 Å². The quantitative estimate of drug-likeness (QED) is 0.604. The van der Waals surface area contributed by atoms with E-state index in [0.29, 0.717) is 0 Å². The van der Waals surface area contributed by atoms with Crippen molar-refractivity contribution in [2.45, 2.75) is 0 Å². The van der Waals surface area contributed by atoms with Gasteiger partial charge in [0.05, 0.1) is 11.0 Å². The van der Waals surface area contributed by atoms with Crippen LogP contribution in [0.4, 0.5) is 5.69 Å². The molecule has 77 valence electrons. The van der Waals surface area contributed by atoms with Crippen molar-refractivity contribution in [3.8, 4) is 11.4 Å². The van der Waals surface area contributed by atoms with Gasteiger partial charge in [0.25, 0.3) is 0 Å². The van der Waals surface area contributed by atoms with Gasteiger partial charge in [-0.1, -0.05) is 6.07 Å². The van der Waals surface area contributed by atoms with E-state index in [0.717, 1.165) is 28.1 Å². The molecule has 0 unspecified atom stereocenters.